The summed E-state index contributed by atoms with van der Waals surface area (Å²) in [7, 11) is 11.7. The van der Waals surface area contributed by atoms with Crippen LogP contribution in [-0.2, 0) is 0 Å². The fourth-order valence-electron chi connectivity index (χ4n) is 0.809. The van der Waals surface area contributed by atoms with Gasteiger partial charge >= 0.3 is 23.9 Å². The normalized spacial score (nSPS) is 16.6. The molecule has 0 radical (unpaired) electrons. The second kappa shape index (κ2) is 5.42. The average Bonchev–Trinajstić information content (AvgIpc) is 2.11. The lowest BCUT2D eigenvalue weighted by Crippen LogP contribution is -2.61. The molecule has 0 aliphatic carbocycles. The second-order valence-corrected chi connectivity index (χ2v) is 10.9. The third kappa shape index (κ3) is 4.28. The highest BCUT2D eigenvalue weighted by Crippen LogP contribution is 2.65. The Labute approximate surface area is 116 Å². The summed E-state index contributed by atoms with van der Waals surface area (Å²) in [6.45, 7) is 0. The quantitative estimate of drug-likeness (QED) is 0.501. The number of rotatable bonds is 5. The molecule has 0 aliphatic heterocycles. The van der Waals surface area contributed by atoms with E-state index in [-0.39, 0.29) is 0 Å². The van der Waals surface area contributed by atoms with Crippen LogP contribution in [0.2, 0.25) is 0 Å². The minimum Gasteiger partial charge on any atom is -0.200 e. The van der Waals surface area contributed by atoms with E-state index in [4.69, 9.17) is 32.0 Å². The summed E-state index contributed by atoms with van der Waals surface area (Å²) in [4.78, 5) is 0. The van der Waals surface area contributed by atoms with Crippen LogP contribution in [0, 0.1) is 0 Å². The van der Waals surface area contributed by atoms with Crippen molar-refractivity contribution in [1.29, 1.82) is 0 Å². The highest BCUT2D eigenvalue weighted by Gasteiger charge is 2.81. The molecule has 0 saturated carbocycles. The molecule has 0 aromatic heterocycles. The van der Waals surface area contributed by atoms with Crippen LogP contribution in [0.1, 0.15) is 6.42 Å². The van der Waals surface area contributed by atoms with Gasteiger partial charge in [0.05, 0.1) is 0 Å². The molecule has 19 heavy (non-hydrogen) atoms. The van der Waals surface area contributed by atoms with Gasteiger partial charge in [0.1, 0.15) is 0 Å². The van der Waals surface area contributed by atoms with E-state index in [1.54, 1.807) is 0 Å². The Morgan fingerprint density at radius 2 is 1.05 bits per heavy atom. The zero-order valence-electron chi connectivity index (χ0n) is 8.36. The monoisotopic (exact) mass is 384 g/mol. The van der Waals surface area contributed by atoms with Gasteiger partial charge in [-0.1, -0.05) is 0 Å². The number of halogens is 12. The molecular weight excluding hydrogens is 381 g/mol. The zero-order valence-corrected chi connectivity index (χ0v) is 11.4. The first kappa shape index (κ1) is 19.6. The lowest BCUT2D eigenvalue weighted by molar-refractivity contribution is -0.396. The van der Waals surface area contributed by atoms with Crippen LogP contribution in [0.4, 0.5) is 39.5 Å². The van der Waals surface area contributed by atoms with E-state index in [2.05, 4.69) is 0 Å². The van der Waals surface area contributed by atoms with E-state index in [1.165, 1.54) is 0 Å². The van der Waals surface area contributed by atoms with E-state index in [0.29, 0.717) is 0 Å². The number of hydrogen-bond acceptors (Lipinski definition) is 0. The van der Waals surface area contributed by atoms with Crippen LogP contribution in [0.15, 0.2) is 0 Å². The lowest BCUT2D eigenvalue weighted by Gasteiger charge is -2.34. The molecule has 0 aliphatic rings. The molecule has 0 spiro atoms. The molecule has 0 bridgehead atoms. The van der Waals surface area contributed by atoms with Crippen LogP contribution in [0.3, 0.4) is 0 Å². The molecule has 0 rings (SSSR count). The Kier molecular flexibility index (Phi) is 5.58. The Balaban J connectivity index is 5.28. The maximum Gasteiger partial charge on any atom is 0.460 e. The van der Waals surface area contributed by atoms with Gasteiger partial charge in [-0.05, 0) is 39.7 Å². The van der Waals surface area contributed by atoms with E-state index in [1.807, 2.05) is 0 Å². The Hall–Kier alpha value is 0.590. The zero-order chi connectivity index (χ0) is 15.9. The minimum atomic E-state index is -6.91. The van der Waals surface area contributed by atoms with Crippen LogP contribution in [0.5, 0.6) is 0 Å². The van der Waals surface area contributed by atoms with Crippen molar-refractivity contribution >= 4 is 39.7 Å². The molecule has 0 unspecified atom stereocenters. The van der Waals surface area contributed by atoms with E-state index < -0.39 is 43.8 Å². The third-order valence-corrected chi connectivity index (χ3v) is 3.91. The van der Waals surface area contributed by atoms with Gasteiger partial charge in [0, 0.05) is 12.2 Å². The first-order chi connectivity index (χ1) is 7.96. The van der Waals surface area contributed by atoms with Gasteiger partial charge < -0.3 is 0 Å². The van der Waals surface area contributed by atoms with E-state index >= 15 is 0 Å². The van der Waals surface area contributed by atoms with Crippen molar-refractivity contribution in [3.63, 3.8) is 0 Å². The van der Waals surface area contributed by atoms with Crippen LogP contribution >= 0.6 is 39.7 Å². The second-order valence-electron chi connectivity index (χ2n) is 3.31. The average molecular weight is 386 g/mol. The summed E-state index contributed by atoms with van der Waals surface area (Å²) in [6.07, 6.45) is -8.97. The standard InChI is InChI=1S/C6H4Cl3F9S/c7-19(8,9)2-1-3(10,11)4(12,13)5(14,15)6(16,17)18/h1-2H2. The fourth-order valence-corrected chi connectivity index (χ4v) is 1.99. The van der Waals surface area contributed by atoms with Crippen molar-refractivity contribution in [1.82, 2.24) is 0 Å². The minimum absolute atomic E-state index is 1.26. The Bertz CT molecular complexity index is 321. The van der Waals surface area contributed by atoms with E-state index in [9.17, 15) is 39.5 Å². The van der Waals surface area contributed by atoms with Crippen molar-refractivity contribution in [3.05, 3.63) is 0 Å². The molecule has 0 amide bonds. The van der Waals surface area contributed by atoms with Crippen molar-refractivity contribution in [2.75, 3.05) is 5.75 Å². The Morgan fingerprint density at radius 1 is 0.684 bits per heavy atom. The summed E-state index contributed by atoms with van der Waals surface area (Å²) in [5.74, 6) is -20.5. The number of alkyl halides is 9. The van der Waals surface area contributed by atoms with E-state index in [0.717, 1.165) is 0 Å². The molecule has 0 fully saturated rings. The molecular formula is C6H4Cl3F9S. The van der Waals surface area contributed by atoms with Gasteiger partial charge in [0.15, 0.2) is 0 Å². The van der Waals surface area contributed by atoms with Crippen molar-refractivity contribution < 1.29 is 39.5 Å². The highest BCUT2D eigenvalue weighted by atomic mass is 36.2. The number of hydrogen-bond donors (Lipinski definition) is 0. The molecule has 118 valence electrons. The van der Waals surface area contributed by atoms with Gasteiger partial charge in [-0.3, -0.25) is 0 Å². The van der Waals surface area contributed by atoms with Crippen molar-refractivity contribution in [3.8, 4) is 0 Å². The Morgan fingerprint density at radius 3 is 1.32 bits per heavy atom. The fraction of sp³-hybridized carbons (Fsp3) is 1.00. The maximum atomic E-state index is 12.9. The summed E-state index contributed by atoms with van der Waals surface area (Å²) >= 11 is 0. The maximum absolute atomic E-state index is 12.9. The molecule has 0 aromatic rings. The molecule has 0 N–H and O–H groups in total. The predicted octanol–water partition coefficient (Wildman–Crippen LogP) is 6.11. The molecule has 0 saturated heterocycles. The molecule has 13 heteroatoms. The highest BCUT2D eigenvalue weighted by molar-refractivity contribution is 8.79. The molecule has 0 nitrogen and oxygen atoms in total. The lowest BCUT2D eigenvalue weighted by atomic mass is 10.0. The smallest absolute Gasteiger partial charge is 0.200 e. The SMILES string of the molecule is FC(F)(F)C(F)(F)C(F)(F)C(F)(F)CCS(Cl)(Cl)Cl. The summed E-state index contributed by atoms with van der Waals surface area (Å²) in [5.41, 5.74) is 0. The molecule has 0 aromatic carbocycles. The molecule has 0 heterocycles. The van der Waals surface area contributed by atoms with Gasteiger partial charge in [-0.25, -0.2) is 0 Å². The first-order valence-corrected chi connectivity index (χ1v) is 8.34. The van der Waals surface area contributed by atoms with Gasteiger partial charge in [-0.15, -0.1) is 0 Å². The van der Waals surface area contributed by atoms with Gasteiger partial charge in [0.2, 0.25) is 0 Å². The van der Waals surface area contributed by atoms with Crippen molar-refractivity contribution in [2.45, 2.75) is 30.4 Å². The summed E-state index contributed by atoms with van der Waals surface area (Å²) in [6, 6.07) is 0. The topological polar surface area (TPSA) is 0 Å². The predicted molar refractivity (Wildman–Crippen MR) is 55.5 cm³/mol. The van der Waals surface area contributed by atoms with Gasteiger partial charge in [0.25, 0.3) is 0 Å². The third-order valence-electron chi connectivity index (χ3n) is 1.86. The van der Waals surface area contributed by atoms with Crippen LogP contribution in [-0.4, -0.2) is 29.7 Å². The van der Waals surface area contributed by atoms with Gasteiger partial charge in [-0.2, -0.15) is 39.5 Å². The van der Waals surface area contributed by atoms with Crippen molar-refractivity contribution in [2.24, 2.45) is 0 Å². The van der Waals surface area contributed by atoms with Crippen LogP contribution < -0.4 is 0 Å². The van der Waals surface area contributed by atoms with Crippen LogP contribution in [0.25, 0.3) is 0 Å². The largest absolute Gasteiger partial charge is 0.460 e. The summed E-state index contributed by atoms with van der Waals surface area (Å²) in [5, 5.41) is 0. The summed E-state index contributed by atoms with van der Waals surface area (Å²) < 4.78 is 111. The first-order valence-electron chi connectivity index (χ1n) is 4.06. The molecule has 0 atom stereocenters.